The molecule has 0 saturated heterocycles. The molecule has 0 atom stereocenters. The van der Waals surface area contributed by atoms with Crippen LogP contribution in [0.3, 0.4) is 0 Å². The van der Waals surface area contributed by atoms with E-state index in [-0.39, 0.29) is 34.8 Å². The average Bonchev–Trinajstić information content (AvgIpc) is 3.09. The number of nitrogens with one attached hydrogen (secondary N) is 3. The molecule has 0 spiro atoms. The molecular weight excluding hydrogens is 437 g/mol. The first kappa shape index (κ1) is 23.1. The van der Waals surface area contributed by atoms with Gasteiger partial charge in [-0.2, -0.15) is 23.3 Å². The van der Waals surface area contributed by atoms with Crippen molar-refractivity contribution < 1.29 is 31.9 Å². The minimum absolute atomic E-state index is 0.0498. The van der Waals surface area contributed by atoms with Gasteiger partial charge in [-0.25, -0.2) is 8.78 Å². The fourth-order valence-corrected chi connectivity index (χ4v) is 2.61. The first-order valence-electron chi connectivity index (χ1n) is 9.20. The van der Waals surface area contributed by atoms with E-state index < -0.39 is 34.9 Å². The molecule has 1 heterocycles. The molecule has 0 radical (unpaired) electrons. The normalized spacial score (nSPS) is 12.8. The van der Waals surface area contributed by atoms with Crippen molar-refractivity contribution in [2.45, 2.75) is 25.6 Å². The third-order valence-electron chi connectivity index (χ3n) is 4.20. The number of aliphatic hydroxyl groups is 1. The fraction of sp³-hybridized carbons (Fsp3) is 0.250. The minimum atomic E-state index is -4.54. The van der Waals surface area contributed by atoms with E-state index >= 15 is 0 Å². The number of anilines is 1. The van der Waals surface area contributed by atoms with E-state index in [0.717, 1.165) is 24.3 Å². The number of nitrogens with zero attached hydrogens (tertiary/aromatic N) is 2. The van der Waals surface area contributed by atoms with E-state index in [4.69, 9.17) is 0 Å². The van der Waals surface area contributed by atoms with Crippen molar-refractivity contribution in [2.24, 2.45) is 4.99 Å². The summed E-state index contributed by atoms with van der Waals surface area (Å²) in [6.45, 7) is 2.89. The van der Waals surface area contributed by atoms with Gasteiger partial charge >= 0.3 is 6.18 Å². The molecule has 2 aromatic carbocycles. The summed E-state index contributed by atoms with van der Waals surface area (Å²) in [5.74, 6) is -3.47. The van der Waals surface area contributed by atoms with Crippen LogP contribution in [0.4, 0.5) is 27.8 Å². The largest absolute Gasteiger partial charge is 0.416 e. The molecule has 1 amide bonds. The van der Waals surface area contributed by atoms with Crippen molar-refractivity contribution in [3.8, 4) is 0 Å². The molecule has 0 aliphatic carbocycles. The second-order valence-electron chi connectivity index (χ2n) is 7.52. The second-order valence-corrected chi connectivity index (χ2v) is 7.52. The zero-order valence-electron chi connectivity index (χ0n) is 16.8. The van der Waals surface area contributed by atoms with Gasteiger partial charge in [-0.15, -0.1) is 0 Å². The number of carbonyl (C=O) groups is 1. The van der Waals surface area contributed by atoms with Crippen molar-refractivity contribution in [2.75, 3.05) is 11.9 Å². The van der Waals surface area contributed by atoms with E-state index in [1.807, 2.05) is 0 Å². The molecule has 0 saturated carbocycles. The molecule has 32 heavy (non-hydrogen) atoms. The molecule has 0 fully saturated rings. The van der Waals surface area contributed by atoms with Crippen LogP contribution in [-0.4, -0.2) is 39.3 Å². The molecule has 170 valence electrons. The van der Waals surface area contributed by atoms with E-state index in [1.165, 1.54) is 19.9 Å². The smallest absolute Gasteiger partial charge is 0.389 e. The molecule has 12 heteroatoms. The summed E-state index contributed by atoms with van der Waals surface area (Å²) in [5, 5.41) is 21.9. The monoisotopic (exact) mass is 455 g/mol. The summed E-state index contributed by atoms with van der Waals surface area (Å²) in [6, 6.07) is 5.43. The summed E-state index contributed by atoms with van der Waals surface area (Å²) in [5.41, 5.74) is -2.25. The third-order valence-corrected chi connectivity index (χ3v) is 4.20. The van der Waals surface area contributed by atoms with Crippen LogP contribution in [0.1, 0.15) is 29.8 Å². The quantitative estimate of drug-likeness (QED) is 0.272. The van der Waals surface area contributed by atoms with E-state index in [9.17, 15) is 31.9 Å². The van der Waals surface area contributed by atoms with Crippen molar-refractivity contribution in [3.63, 3.8) is 0 Å². The first-order chi connectivity index (χ1) is 14.8. The van der Waals surface area contributed by atoms with Crippen LogP contribution in [0, 0.1) is 11.6 Å². The predicted molar refractivity (Wildman–Crippen MR) is 107 cm³/mol. The number of halogens is 5. The molecule has 3 aromatic rings. The highest BCUT2D eigenvalue weighted by atomic mass is 19.4. The maximum absolute atomic E-state index is 13.4. The van der Waals surface area contributed by atoms with Crippen LogP contribution in [0.15, 0.2) is 41.4 Å². The standard InChI is InChI=1S/C20H18F5N5O2/c1-19(2,32)9-26-18(28-17(31)10-3-6-13(21)14(22)7-10)27-16-12-5-4-11(20(23,24)25)8-15(12)29-30-16/h3-8,32H,9H2,1-2H3,(H3,26,27,28,29,30,31). The van der Waals surface area contributed by atoms with Crippen LogP contribution < -0.4 is 10.6 Å². The summed E-state index contributed by atoms with van der Waals surface area (Å²) in [7, 11) is 0. The Morgan fingerprint density at radius 3 is 2.47 bits per heavy atom. The summed E-state index contributed by atoms with van der Waals surface area (Å²) in [6.07, 6.45) is -4.54. The number of H-pyrrole nitrogens is 1. The Morgan fingerprint density at radius 2 is 1.84 bits per heavy atom. The van der Waals surface area contributed by atoms with Gasteiger partial charge in [0.25, 0.3) is 5.91 Å². The number of aliphatic imine (C=N–C) groups is 1. The lowest BCUT2D eigenvalue weighted by Gasteiger charge is -2.19. The Bertz CT molecular complexity index is 1180. The van der Waals surface area contributed by atoms with E-state index in [2.05, 4.69) is 25.8 Å². The Morgan fingerprint density at radius 1 is 1.12 bits per heavy atom. The van der Waals surface area contributed by atoms with Crippen molar-refractivity contribution in [1.29, 1.82) is 0 Å². The lowest BCUT2D eigenvalue weighted by Crippen LogP contribution is -2.41. The zero-order valence-corrected chi connectivity index (χ0v) is 16.8. The second kappa shape index (κ2) is 8.54. The van der Waals surface area contributed by atoms with Gasteiger partial charge in [0.05, 0.1) is 16.7 Å². The van der Waals surface area contributed by atoms with Gasteiger partial charge < -0.3 is 15.7 Å². The van der Waals surface area contributed by atoms with Gasteiger partial charge in [0.15, 0.2) is 17.5 Å². The molecule has 1 aromatic heterocycles. The number of alkyl halides is 3. The van der Waals surface area contributed by atoms with Crippen LogP contribution in [0.2, 0.25) is 0 Å². The fourth-order valence-electron chi connectivity index (χ4n) is 2.61. The highest BCUT2D eigenvalue weighted by Gasteiger charge is 2.31. The lowest BCUT2D eigenvalue weighted by molar-refractivity contribution is -0.137. The Kier molecular flexibility index (Phi) is 6.17. The first-order valence-corrected chi connectivity index (χ1v) is 9.20. The van der Waals surface area contributed by atoms with E-state index in [0.29, 0.717) is 6.07 Å². The van der Waals surface area contributed by atoms with Gasteiger partial charge in [-0.3, -0.25) is 9.89 Å². The number of benzene rings is 2. The Hall–Kier alpha value is -3.54. The predicted octanol–water partition coefficient (Wildman–Crippen LogP) is 3.83. The van der Waals surface area contributed by atoms with Crippen LogP contribution in [0.25, 0.3) is 10.9 Å². The topological polar surface area (TPSA) is 102 Å². The van der Waals surface area contributed by atoms with Crippen molar-refractivity contribution in [1.82, 2.24) is 15.5 Å². The Labute approximate surface area is 178 Å². The number of carbonyl (C=O) groups excluding carboxylic acids is 1. The highest BCUT2D eigenvalue weighted by molar-refractivity contribution is 6.08. The number of hydrogen-bond acceptors (Lipinski definition) is 3. The molecular formula is C20H18F5N5O2. The molecule has 0 bridgehead atoms. The Balaban J connectivity index is 1.93. The van der Waals surface area contributed by atoms with Gasteiger partial charge in [0.2, 0.25) is 5.96 Å². The molecule has 0 unspecified atom stereocenters. The SMILES string of the molecule is CC(C)(O)CN/C(=N/C(=O)c1ccc(F)c(F)c1)Nc1n[nH]c2cc(C(F)(F)F)ccc12. The molecule has 3 rings (SSSR count). The number of guanidine groups is 1. The molecule has 4 N–H and O–H groups in total. The van der Waals surface area contributed by atoms with Crippen LogP contribution >= 0.6 is 0 Å². The van der Waals surface area contributed by atoms with Crippen LogP contribution in [-0.2, 0) is 6.18 Å². The average molecular weight is 455 g/mol. The van der Waals surface area contributed by atoms with Gasteiger partial charge in [0, 0.05) is 17.5 Å². The molecule has 7 nitrogen and oxygen atoms in total. The molecule has 0 aliphatic heterocycles. The number of aromatic amines is 1. The number of aromatic nitrogens is 2. The maximum Gasteiger partial charge on any atom is 0.416 e. The van der Waals surface area contributed by atoms with Crippen molar-refractivity contribution in [3.05, 3.63) is 59.2 Å². The highest BCUT2D eigenvalue weighted by Crippen LogP contribution is 2.32. The van der Waals surface area contributed by atoms with Gasteiger partial charge in [0.1, 0.15) is 0 Å². The number of fused-ring (bicyclic) bond motifs is 1. The maximum atomic E-state index is 13.4. The lowest BCUT2D eigenvalue weighted by atomic mass is 10.1. The number of rotatable bonds is 4. The van der Waals surface area contributed by atoms with Crippen molar-refractivity contribution >= 4 is 28.6 Å². The van der Waals surface area contributed by atoms with Gasteiger partial charge in [-0.1, -0.05) is 0 Å². The summed E-state index contributed by atoms with van der Waals surface area (Å²) < 4.78 is 65.3. The summed E-state index contributed by atoms with van der Waals surface area (Å²) in [4.78, 5) is 16.2. The van der Waals surface area contributed by atoms with Gasteiger partial charge in [-0.05, 0) is 50.2 Å². The molecule has 0 aliphatic rings. The zero-order chi connectivity index (χ0) is 23.7. The number of amides is 1. The third kappa shape index (κ3) is 5.58. The summed E-state index contributed by atoms with van der Waals surface area (Å²) >= 11 is 0. The minimum Gasteiger partial charge on any atom is -0.389 e. The van der Waals surface area contributed by atoms with E-state index in [1.54, 1.807) is 0 Å². The van der Waals surface area contributed by atoms with Crippen LogP contribution in [0.5, 0.6) is 0 Å². The number of hydrogen-bond donors (Lipinski definition) is 4.